The lowest BCUT2D eigenvalue weighted by Crippen LogP contribution is -2.36. The van der Waals surface area contributed by atoms with Crippen LogP contribution in [0.15, 0.2) is 24.7 Å². The molecule has 3 heterocycles. The molecule has 0 spiro atoms. The molecule has 0 atom stereocenters. The van der Waals surface area contributed by atoms with E-state index < -0.39 is 23.9 Å². The first kappa shape index (κ1) is 22.5. The van der Waals surface area contributed by atoms with Gasteiger partial charge in [0.1, 0.15) is 17.7 Å². The first-order valence-electron chi connectivity index (χ1n) is 11.1. The van der Waals surface area contributed by atoms with E-state index in [1.807, 2.05) is 6.92 Å². The molecule has 0 unspecified atom stereocenters. The van der Waals surface area contributed by atoms with Crippen molar-refractivity contribution in [1.29, 1.82) is 0 Å². The average Bonchev–Trinajstić information content (AvgIpc) is 3.35. The Bertz CT molecular complexity index is 1360. The van der Waals surface area contributed by atoms with Crippen molar-refractivity contribution in [3.05, 3.63) is 36.3 Å². The number of hydrogen-bond acceptors (Lipinski definition) is 6. The lowest BCUT2D eigenvalue weighted by atomic mass is 9.84. The lowest BCUT2D eigenvalue weighted by Gasteiger charge is -2.33. The molecular weight excluding hydrogens is 449 g/mol. The number of hydrogen-bond donors (Lipinski definition) is 2. The predicted octanol–water partition coefficient (Wildman–Crippen LogP) is 4.11. The number of imidazole rings is 1. The zero-order valence-corrected chi connectivity index (χ0v) is 18.9. The molecule has 4 aromatic rings. The van der Waals surface area contributed by atoms with Crippen molar-refractivity contribution in [3.8, 4) is 17.0 Å². The Morgan fingerprint density at radius 3 is 2.71 bits per heavy atom. The van der Waals surface area contributed by atoms with Gasteiger partial charge in [0.25, 0.3) is 0 Å². The van der Waals surface area contributed by atoms with Crippen LogP contribution in [0.25, 0.3) is 27.7 Å². The molecule has 2 N–H and O–H groups in total. The van der Waals surface area contributed by atoms with E-state index >= 15 is 4.39 Å². The molecule has 0 saturated heterocycles. The fourth-order valence-corrected chi connectivity index (χ4v) is 4.60. The highest BCUT2D eigenvalue weighted by atomic mass is 19.1. The normalized spacial score (nSPS) is 20.8. The molecule has 8 nitrogen and oxygen atoms in total. The van der Waals surface area contributed by atoms with Crippen LogP contribution in [0, 0.1) is 11.6 Å². The van der Waals surface area contributed by atoms with Gasteiger partial charge in [-0.15, -0.1) is 5.10 Å². The zero-order chi connectivity index (χ0) is 24.0. The van der Waals surface area contributed by atoms with Gasteiger partial charge in [0.05, 0.1) is 42.9 Å². The first-order chi connectivity index (χ1) is 16.3. The summed E-state index contributed by atoms with van der Waals surface area (Å²) in [4.78, 5) is 8.42. The van der Waals surface area contributed by atoms with Crippen molar-refractivity contribution >= 4 is 22.5 Å². The van der Waals surface area contributed by atoms with Crippen molar-refractivity contribution in [2.24, 2.45) is 0 Å². The van der Waals surface area contributed by atoms with Gasteiger partial charge >= 0.3 is 0 Å². The summed E-state index contributed by atoms with van der Waals surface area (Å²) in [5.74, 6) is -0.888. The predicted molar refractivity (Wildman–Crippen MR) is 121 cm³/mol. The Balaban J connectivity index is 1.57. The van der Waals surface area contributed by atoms with Crippen molar-refractivity contribution in [3.63, 3.8) is 0 Å². The van der Waals surface area contributed by atoms with Crippen molar-refractivity contribution in [2.45, 2.75) is 50.8 Å². The van der Waals surface area contributed by atoms with Gasteiger partial charge in [0.2, 0.25) is 11.8 Å². The summed E-state index contributed by atoms with van der Waals surface area (Å²) in [6.45, 7) is 1.19. The number of benzene rings is 1. The highest BCUT2D eigenvalue weighted by Gasteiger charge is 2.29. The summed E-state index contributed by atoms with van der Waals surface area (Å²) in [5, 5.41) is 17.8. The fourth-order valence-electron chi connectivity index (χ4n) is 4.60. The molecule has 34 heavy (non-hydrogen) atoms. The summed E-state index contributed by atoms with van der Waals surface area (Å²) in [6, 6.07) is 2.82. The van der Waals surface area contributed by atoms with Crippen LogP contribution in [0.3, 0.4) is 0 Å². The minimum absolute atomic E-state index is 0.0104. The summed E-state index contributed by atoms with van der Waals surface area (Å²) < 4.78 is 51.2. The van der Waals surface area contributed by atoms with E-state index in [4.69, 9.17) is 4.74 Å². The number of aryl methyl sites for hydroxylation is 1. The lowest BCUT2D eigenvalue weighted by molar-refractivity contribution is 0.0195. The average molecular weight is 474 g/mol. The molecule has 180 valence electrons. The molecule has 0 bridgehead atoms. The Morgan fingerprint density at radius 2 is 2.00 bits per heavy atom. The number of ether oxygens (including phenoxy) is 1. The third-order valence-corrected chi connectivity index (χ3v) is 6.44. The van der Waals surface area contributed by atoms with Crippen LogP contribution in [0.4, 0.5) is 19.1 Å². The quantitative estimate of drug-likeness (QED) is 0.437. The van der Waals surface area contributed by atoms with Crippen LogP contribution in [-0.4, -0.2) is 54.7 Å². The largest absolute Gasteiger partial charge is 0.479 e. The molecule has 1 aromatic carbocycles. The van der Waals surface area contributed by atoms with Gasteiger partial charge < -0.3 is 19.7 Å². The second-order valence-electron chi connectivity index (χ2n) is 8.96. The molecular formula is C23H25F3N6O2. The van der Waals surface area contributed by atoms with Gasteiger partial charge in [-0.1, -0.05) is 0 Å². The third-order valence-electron chi connectivity index (χ3n) is 6.44. The number of fused-ring (bicyclic) bond motifs is 2. The second-order valence-corrected chi connectivity index (χ2v) is 8.96. The van der Waals surface area contributed by atoms with Crippen LogP contribution in [0.1, 0.15) is 32.6 Å². The monoisotopic (exact) mass is 474 g/mol. The van der Waals surface area contributed by atoms with Gasteiger partial charge in [0, 0.05) is 6.04 Å². The van der Waals surface area contributed by atoms with Crippen molar-refractivity contribution < 1.29 is 23.0 Å². The number of halogens is 3. The Hall–Kier alpha value is -3.34. The number of nitrogens with one attached hydrogen (secondary N) is 1. The minimum atomic E-state index is -0.672. The molecule has 0 radical (unpaired) electrons. The zero-order valence-electron chi connectivity index (χ0n) is 18.9. The van der Waals surface area contributed by atoms with Gasteiger partial charge in [-0.2, -0.15) is 4.98 Å². The molecule has 5 rings (SSSR count). The standard InChI is InChI=1S/C23H25F3N6O2/c1-23(33)5-3-14(4-6-23)28-22-29-21(34-2)20-18(16(26)11-32(20)30-22)13-9-15(25)19-17(10-13)31(8-7-24)12-27-19/h9-12,14,33H,3-8H2,1-2H3,(H,28,30). The number of anilines is 1. The number of rotatable bonds is 6. The summed E-state index contributed by atoms with van der Waals surface area (Å²) in [6.07, 6.45) is 5.34. The van der Waals surface area contributed by atoms with E-state index in [1.54, 1.807) is 6.07 Å². The minimum Gasteiger partial charge on any atom is -0.479 e. The second kappa shape index (κ2) is 8.46. The van der Waals surface area contributed by atoms with E-state index in [1.165, 1.54) is 34.8 Å². The van der Waals surface area contributed by atoms with Crippen LogP contribution >= 0.6 is 0 Å². The Kier molecular flexibility index (Phi) is 5.59. The first-order valence-corrected chi connectivity index (χ1v) is 11.1. The van der Waals surface area contributed by atoms with E-state index in [0.717, 1.165) is 12.8 Å². The van der Waals surface area contributed by atoms with Crippen molar-refractivity contribution in [2.75, 3.05) is 19.1 Å². The Labute approximate surface area is 193 Å². The van der Waals surface area contributed by atoms with Gasteiger partial charge in [-0.05, 0) is 50.3 Å². The van der Waals surface area contributed by atoms with Crippen LogP contribution in [0.2, 0.25) is 0 Å². The molecule has 0 aliphatic heterocycles. The summed E-state index contributed by atoms with van der Waals surface area (Å²) >= 11 is 0. The van der Waals surface area contributed by atoms with Gasteiger partial charge in [-0.3, -0.25) is 0 Å². The van der Waals surface area contributed by atoms with E-state index in [2.05, 4.69) is 20.4 Å². The number of aromatic nitrogens is 5. The molecule has 1 aliphatic carbocycles. The maximum Gasteiger partial charge on any atom is 0.244 e. The fraction of sp³-hybridized carbons (Fsp3) is 0.435. The molecule has 1 saturated carbocycles. The molecule has 1 fully saturated rings. The number of nitrogens with zero attached hydrogens (tertiary/aromatic N) is 5. The van der Waals surface area contributed by atoms with E-state index in [-0.39, 0.29) is 46.6 Å². The van der Waals surface area contributed by atoms with E-state index in [9.17, 15) is 13.9 Å². The van der Waals surface area contributed by atoms with Crippen LogP contribution in [-0.2, 0) is 6.54 Å². The van der Waals surface area contributed by atoms with Crippen LogP contribution in [0.5, 0.6) is 5.88 Å². The highest BCUT2D eigenvalue weighted by Crippen LogP contribution is 2.36. The molecule has 0 amide bonds. The Morgan fingerprint density at radius 1 is 1.24 bits per heavy atom. The smallest absolute Gasteiger partial charge is 0.244 e. The topological polar surface area (TPSA) is 89.5 Å². The molecule has 3 aromatic heterocycles. The maximum atomic E-state index is 15.2. The van der Waals surface area contributed by atoms with E-state index in [0.29, 0.717) is 18.4 Å². The van der Waals surface area contributed by atoms with Gasteiger partial charge in [-0.25, -0.2) is 22.7 Å². The number of aliphatic hydroxyl groups is 1. The number of methoxy groups -OCH3 is 1. The highest BCUT2D eigenvalue weighted by molar-refractivity contribution is 5.90. The molecule has 1 aliphatic rings. The van der Waals surface area contributed by atoms with Gasteiger partial charge in [0.15, 0.2) is 11.6 Å². The summed E-state index contributed by atoms with van der Waals surface area (Å²) in [7, 11) is 1.42. The van der Waals surface area contributed by atoms with Crippen LogP contribution < -0.4 is 10.1 Å². The molecule has 11 heteroatoms. The van der Waals surface area contributed by atoms with Crippen molar-refractivity contribution in [1.82, 2.24) is 24.1 Å². The maximum absolute atomic E-state index is 15.2. The number of alkyl halides is 1. The SMILES string of the molecule is COc1nc(NC2CCC(C)(O)CC2)nn2cc(F)c(-c3cc(F)c4ncn(CCF)c4c3)c12. The third kappa shape index (κ3) is 3.93. The summed E-state index contributed by atoms with van der Waals surface area (Å²) in [5.41, 5.74) is 0.329.